The van der Waals surface area contributed by atoms with Gasteiger partial charge >= 0.3 is 12.5 Å². The van der Waals surface area contributed by atoms with Crippen molar-refractivity contribution in [2.75, 3.05) is 0 Å². The fourth-order valence-corrected chi connectivity index (χ4v) is 1.67. The Morgan fingerprint density at radius 2 is 2.12 bits per heavy atom. The summed E-state index contributed by atoms with van der Waals surface area (Å²) < 4.78 is 25.9. The third kappa shape index (κ3) is 1.77. The summed E-state index contributed by atoms with van der Waals surface area (Å²) in [5.74, 6) is -1.21. The molecule has 1 heterocycles. The van der Waals surface area contributed by atoms with Crippen molar-refractivity contribution in [1.29, 1.82) is 0 Å². The number of aromatic nitrogens is 1. The van der Waals surface area contributed by atoms with Gasteiger partial charge in [0.25, 0.3) is 0 Å². The number of carbonyl (C=O) groups is 2. The van der Waals surface area contributed by atoms with E-state index in [0.717, 1.165) is 12.3 Å². The quantitative estimate of drug-likeness (QED) is 0.837. The molecule has 0 amide bonds. The third-order valence-electron chi connectivity index (χ3n) is 2.45. The Hall–Kier alpha value is -2.24. The van der Waals surface area contributed by atoms with Crippen molar-refractivity contribution in [3.05, 3.63) is 35.5 Å². The van der Waals surface area contributed by atoms with Gasteiger partial charge in [-0.1, -0.05) is 6.07 Å². The lowest BCUT2D eigenvalue weighted by atomic mass is 10.1. The van der Waals surface area contributed by atoms with Crippen molar-refractivity contribution in [1.82, 2.24) is 4.57 Å². The molecule has 2 aromatic rings. The largest absolute Gasteiger partial charge is 0.478 e. The molecular weight excluding hydrogens is 232 g/mol. The first-order chi connectivity index (χ1) is 8.04. The summed E-state index contributed by atoms with van der Waals surface area (Å²) in [5.41, 5.74) is 0.0363. The van der Waals surface area contributed by atoms with E-state index in [-0.39, 0.29) is 16.6 Å². The number of carbonyl (C=O) groups excluding carboxylic acids is 1. The highest BCUT2D eigenvalue weighted by Crippen LogP contribution is 2.26. The van der Waals surface area contributed by atoms with Crippen molar-refractivity contribution in [2.45, 2.75) is 6.55 Å². The first-order valence-electron chi connectivity index (χ1n) is 4.66. The summed E-state index contributed by atoms with van der Waals surface area (Å²) in [7, 11) is 0. The predicted octanol–water partition coefficient (Wildman–Crippen LogP) is 2.55. The van der Waals surface area contributed by atoms with E-state index in [1.165, 1.54) is 12.1 Å². The summed E-state index contributed by atoms with van der Waals surface area (Å²) >= 11 is 0. The lowest BCUT2D eigenvalue weighted by molar-refractivity contribution is 0.0692. The number of alkyl halides is 2. The van der Waals surface area contributed by atoms with Gasteiger partial charge in [0.05, 0.1) is 11.1 Å². The summed E-state index contributed by atoms with van der Waals surface area (Å²) in [4.78, 5) is 21.4. The van der Waals surface area contributed by atoms with Gasteiger partial charge in [-0.15, -0.1) is 0 Å². The first-order valence-corrected chi connectivity index (χ1v) is 4.66. The van der Waals surface area contributed by atoms with E-state index >= 15 is 0 Å². The second-order valence-electron chi connectivity index (χ2n) is 3.42. The standard InChI is InChI=1S/C11H7F2NO3/c12-11(13)14-4-7(5-15)8-2-1-6(10(16)17)3-9(8)14/h1-5,11H,(H,16,17). The van der Waals surface area contributed by atoms with Gasteiger partial charge in [-0.2, -0.15) is 8.78 Å². The Labute approximate surface area is 94.1 Å². The number of benzene rings is 1. The molecule has 0 bridgehead atoms. The molecule has 0 fully saturated rings. The van der Waals surface area contributed by atoms with Crippen molar-refractivity contribution < 1.29 is 23.5 Å². The summed E-state index contributed by atoms with van der Waals surface area (Å²) in [6.07, 6.45) is 1.47. The Balaban J connectivity index is 2.77. The summed E-state index contributed by atoms with van der Waals surface area (Å²) in [6.45, 7) is -2.82. The van der Waals surface area contributed by atoms with Crippen LogP contribution < -0.4 is 0 Å². The highest BCUT2D eigenvalue weighted by Gasteiger charge is 2.15. The molecule has 0 saturated heterocycles. The molecule has 1 aromatic carbocycles. The maximum atomic E-state index is 12.7. The van der Waals surface area contributed by atoms with Crippen LogP contribution >= 0.6 is 0 Å². The van der Waals surface area contributed by atoms with Gasteiger partial charge < -0.3 is 5.11 Å². The number of aromatic carboxylic acids is 1. The van der Waals surface area contributed by atoms with Gasteiger partial charge in [0.1, 0.15) is 0 Å². The zero-order valence-electron chi connectivity index (χ0n) is 8.43. The van der Waals surface area contributed by atoms with Crippen LogP contribution in [0.15, 0.2) is 24.4 Å². The smallest absolute Gasteiger partial charge is 0.335 e. The second-order valence-corrected chi connectivity index (χ2v) is 3.42. The lowest BCUT2D eigenvalue weighted by Gasteiger charge is -2.03. The molecule has 17 heavy (non-hydrogen) atoms. The average Bonchev–Trinajstić information content (AvgIpc) is 2.66. The minimum absolute atomic E-state index is 0.0296. The predicted molar refractivity (Wildman–Crippen MR) is 55.5 cm³/mol. The number of carboxylic acids is 1. The molecule has 1 aromatic heterocycles. The molecule has 0 aliphatic heterocycles. The maximum absolute atomic E-state index is 12.7. The maximum Gasteiger partial charge on any atom is 0.335 e. The van der Waals surface area contributed by atoms with E-state index in [2.05, 4.69) is 0 Å². The molecule has 0 atom stereocenters. The van der Waals surface area contributed by atoms with Gasteiger partial charge in [0, 0.05) is 17.1 Å². The van der Waals surface area contributed by atoms with Gasteiger partial charge in [-0.3, -0.25) is 9.36 Å². The van der Waals surface area contributed by atoms with Crippen LogP contribution in [0.3, 0.4) is 0 Å². The van der Waals surface area contributed by atoms with Crippen LogP contribution in [-0.4, -0.2) is 21.9 Å². The minimum atomic E-state index is -2.82. The van der Waals surface area contributed by atoms with E-state index in [0.29, 0.717) is 16.2 Å². The average molecular weight is 239 g/mol. The summed E-state index contributed by atoms with van der Waals surface area (Å²) in [6, 6.07) is 3.74. The fraction of sp³-hybridized carbons (Fsp3) is 0.0909. The molecule has 0 aliphatic carbocycles. The van der Waals surface area contributed by atoms with Crippen molar-refractivity contribution in [3.8, 4) is 0 Å². The van der Waals surface area contributed by atoms with Gasteiger partial charge in [-0.05, 0) is 12.1 Å². The van der Waals surface area contributed by atoms with E-state index in [1.54, 1.807) is 0 Å². The van der Waals surface area contributed by atoms with E-state index < -0.39 is 12.5 Å². The van der Waals surface area contributed by atoms with Gasteiger partial charge in [0.2, 0.25) is 0 Å². The number of halogens is 2. The lowest BCUT2D eigenvalue weighted by Crippen LogP contribution is -1.99. The fourth-order valence-electron chi connectivity index (χ4n) is 1.67. The van der Waals surface area contributed by atoms with Crippen molar-refractivity contribution in [3.63, 3.8) is 0 Å². The van der Waals surface area contributed by atoms with Gasteiger partial charge in [0.15, 0.2) is 6.29 Å². The molecule has 88 valence electrons. The molecule has 4 nitrogen and oxygen atoms in total. The van der Waals surface area contributed by atoms with Crippen molar-refractivity contribution in [2.24, 2.45) is 0 Å². The number of fused-ring (bicyclic) bond motifs is 1. The number of hydrogen-bond acceptors (Lipinski definition) is 2. The second kappa shape index (κ2) is 3.97. The Bertz CT molecular complexity index is 604. The third-order valence-corrected chi connectivity index (χ3v) is 2.45. The highest BCUT2D eigenvalue weighted by atomic mass is 19.3. The topological polar surface area (TPSA) is 59.3 Å². The van der Waals surface area contributed by atoms with Crippen LogP contribution in [0.2, 0.25) is 0 Å². The molecule has 1 N–H and O–H groups in total. The monoisotopic (exact) mass is 239 g/mol. The molecule has 0 radical (unpaired) electrons. The van der Waals surface area contributed by atoms with Crippen LogP contribution in [-0.2, 0) is 0 Å². The van der Waals surface area contributed by atoms with Gasteiger partial charge in [-0.25, -0.2) is 4.79 Å². The normalized spacial score (nSPS) is 11.0. The molecule has 2 rings (SSSR count). The minimum Gasteiger partial charge on any atom is -0.478 e. The van der Waals surface area contributed by atoms with Crippen LogP contribution in [0.1, 0.15) is 27.3 Å². The molecule has 0 unspecified atom stereocenters. The van der Waals surface area contributed by atoms with Crippen LogP contribution in [0.25, 0.3) is 10.9 Å². The zero-order valence-corrected chi connectivity index (χ0v) is 8.43. The number of carboxylic acid groups (broad SMARTS) is 1. The van der Waals surface area contributed by atoms with Crippen LogP contribution in [0.5, 0.6) is 0 Å². The molecular formula is C11H7F2NO3. The molecule has 0 spiro atoms. The van der Waals surface area contributed by atoms with E-state index in [1.807, 2.05) is 0 Å². The Morgan fingerprint density at radius 3 is 2.65 bits per heavy atom. The number of rotatable bonds is 3. The molecule has 0 saturated carbocycles. The summed E-state index contributed by atoms with van der Waals surface area (Å²) in [5, 5.41) is 9.08. The van der Waals surface area contributed by atoms with E-state index in [9.17, 15) is 18.4 Å². The number of aldehydes is 1. The first kappa shape index (κ1) is 11.3. The van der Waals surface area contributed by atoms with Crippen LogP contribution in [0, 0.1) is 0 Å². The van der Waals surface area contributed by atoms with Crippen LogP contribution in [0.4, 0.5) is 8.78 Å². The number of hydrogen-bond donors (Lipinski definition) is 1. The Morgan fingerprint density at radius 1 is 1.41 bits per heavy atom. The molecule has 0 aliphatic rings. The van der Waals surface area contributed by atoms with E-state index in [4.69, 9.17) is 5.11 Å². The van der Waals surface area contributed by atoms with Crippen molar-refractivity contribution >= 4 is 23.2 Å². The Kier molecular flexibility index (Phi) is 2.63. The zero-order chi connectivity index (χ0) is 12.6. The highest BCUT2D eigenvalue weighted by molar-refractivity contribution is 6.00. The molecule has 6 heteroatoms. The SMILES string of the molecule is O=Cc1cn(C(F)F)c2cc(C(=O)O)ccc12. The number of nitrogens with zero attached hydrogens (tertiary/aromatic N) is 1.